The molecule has 1 aromatic carbocycles. The van der Waals surface area contributed by atoms with E-state index in [-0.39, 0.29) is 0 Å². The van der Waals surface area contributed by atoms with Gasteiger partial charge < -0.3 is 19.9 Å². The van der Waals surface area contributed by atoms with E-state index in [1.165, 1.54) is 0 Å². The normalized spacial score (nSPS) is 25.3. The molecule has 0 saturated carbocycles. The van der Waals surface area contributed by atoms with Gasteiger partial charge in [0.2, 0.25) is 5.79 Å². The molecule has 0 aromatic heterocycles. The second-order valence-corrected chi connectivity index (χ2v) is 4.16. The summed E-state index contributed by atoms with van der Waals surface area (Å²) >= 11 is 0. The summed E-state index contributed by atoms with van der Waals surface area (Å²) in [6.07, 6.45) is -0.401. The van der Waals surface area contributed by atoms with Gasteiger partial charge in [-0.2, -0.15) is 0 Å². The van der Waals surface area contributed by atoms with Crippen molar-refractivity contribution < 1.29 is 19.0 Å². The Balaban J connectivity index is 2.06. The fraction of sp³-hybridized carbons (Fsp3) is 0.417. The molecule has 5 heteroatoms. The SMILES string of the molecule is NC(=O)C1CC2(OCCO2)c2ccccc2O1. The summed E-state index contributed by atoms with van der Waals surface area (Å²) in [5, 5.41) is 0. The molecule has 5 nitrogen and oxygen atoms in total. The lowest BCUT2D eigenvalue weighted by Gasteiger charge is -2.36. The summed E-state index contributed by atoms with van der Waals surface area (Å²) in [5.74, 6) is -0.767. The number of rotatable bonds is 1. The maximum absolute atomic E-state index is 11.3. The van der Waals surface area contributed by atoms with Crippen LogP contribution in [0.3, 0.4) is 0 Å². The van der Waals surface area contributed by atoms with E-state index in [9.17, 15) is 4.79 Å². The summed E-state index contributed by atoms with van der Waals surface area (Å²) < 4.78 is 16.9. The fourth-order valence-corrected chi connectivity index (χ4v) is 2.32. The van der Waals surface area contributed by atoms with E-state index in [1.54, 1.807) is 6.07 Å². The van der Waals surface area contributed by atoms with Crippen molar-refractivity contribution in [3.8, 4) is 5.75 Å². The first kappa shape index (κ1) is 10.6. The van der Waals surface area contributed by atoms with Gasteiger partial charge in [0.25, 0.3) is 5.91 Å². The van der Waals surface area contributed by atoms with E-state index >= 15 is 0 Å². The van der Waals surface area contributed by atoms with Gasteiger partial charge in [0.1, 0.15) is 5.75 Å². The summed E-state index contributed by atoms with van der Waals surface area (Å²) in [6, 6.07) is 7.40. The summed E-state index contributed by atoms with van der Waals surface area (Å²) in [4.78, 5) is 11.3. The van der Waals surface area contributed by atoms with Crippen molar-refractivity contribution >= 4 is 5.91 Å². The quantitative estimate of drug-likeness (QED) is 0.770. The van der Waals surface area contributed by atoms with Gasteiger partial charge in [-0.15, -0.1) is 0 Å². The van der Waals surface area contributed by atoms with Crippen LogP contribution in [0.15, 0.2) is 24.3 Å². The summed E-state index contributed by atoms with van der Waals surface area (Å²) in [6.45, 7) is 1.03. The van der Waals surface area contributed by atoms with Crippen LogP contribution >= 0.6 is 0 Å². The number of hydrogen-bond acceptors (Lipinski definition) is 4. The lowest BCUT2D eigenvalue weighted by Crippen LogP contribution is -2.45. The summed E-state index contributed by atoms with van der Waals surface area (Å²) in [7, 11) is 0. The average Bonchev–Trinajstić information content (AvgIpc) is 2.78. The van der Waals surface area contributed by atoms with E-state index in [2.05, 4.69) is 0 Å². The van der Waals surface area contributed by atoms with Crippen LogP contribution in [-0.2, 0) is 20.1 Å². The third-order valence-electron chi connectivity index (χ3n) is 3.09. The van der Waals surface area contributed by atoms with Crippen LogP contribution in [0.5, 0.6) is 5.75 Å². The van der Waals surface area contributed by atoms with Gasteiger partial charge in [0, 0.05) is 0 Å². The Morgan fingerprint density at radius 1 is 1.29 bits per heavy atom. The molecular weight excluding hydrogens is 222 g/mol. The molecule has 0 radical (unpaired) electrons. The minimum atomic E-state index is -0.867. The maximum atomic E-state index is 11.3. The Kier molecular flexibility index (Phi) is 2.31. The molecule has 2 aliphatic heterocycles. The predicted molar refractivity (Wildman–Crippen MR) is 58.3 cm³/mol. The van der Waals surface area contributed by atoms with E-state index in [1.807, 2.05) is 18.2 Å². The van der Waals surface area contributed by atoms with Crippen molar-refractivity contribution in [1.82, 2.24) is 0 Å². The van der Waals surface area contributed by atoms with Crippen LogP contribution in [0.4, 0.5) is 0 Å². The first-order valence-electron chi connectivity index (χ1n) is 5.55. The largest absolute Gasteiger partial charge is 0.480 e. The van der Waals surface area contributed by atoms with Crippen LogP contribution in [0, 0.1) is 0 Å². The second kappa shape index (κ2) is 3.72. The molecule has 2 heterocycles. The Labute approximate surface area is 98.5 Å². The first-order chi connectivity index (χ1) is 8.21. The number of fused-ring (bicyclic) bond motifs is 2. The molecular formula is C12H13NO4. The molecule has 0 aliphatic carbocycles. The Bertz CT molecular complexity index is 454. The number of para-hydroxylation sites is 1. The minimum Gasteiger partial charge on any atom is -0.480 e. The van der Waals surface area contributed by atoms with Crippen molar-refractivity contribution in [2.75, 3.05) is 13.2 Å². The van der Waals surface area contributed by atoms with Crippen molar-refractivity contribution in [3.05, 3.63) is 29.8 Å². The van der Waals surface area contributed by atoms with Crippen LogP contribution in [-0.4, -0.2) is 25.2 Å². The Hall–Kier alpha value is -1.59. The highest BCUT2D eigenvalue weighted by Gasteiger charge is 2.48. The molecule has 0 bridgehead atoms. The van der Waals surface area contributed by atoms with Gasteiger partial charge in [-0.25, -0.2) is 0 Å². The van der Waals surface area contributed by atoms with E-state index in [4.69, 9.17) is 19.9 Å². The van der Waals surface area contributed by atoms with Gasteiger partial charge in [-0.3, -0.25) is 4.79 Å². The van der Waals surface area contributed by atoms with E-state index < -0.39 is 17.8 Å². The number of primary amides is 1. The van der Waals surface area contributed by atoms with Gasteiger partial charge in [0.15, 0.2) is 6.10 Å². The zero-order chi connectivity index (χ0) is 11.9. The minimum absolute atomic E-state index is 0.305. The van der Waals surface area contributed by atoms with Crippen molar-refractivity contribution in [3.63, 3.8) is 0 Å². The molecule has 3 rings (SSSR count). The fourth-order valence-electron chi connectivity index (χ4n) is 2.32. The van der Waals surface area contributed by atoms with Crippen LogP contribution in [0.25, 0.3) is 0 Å². The molecule has 17 heavy (non-hydrogen) atoms. The number of benzene rings is 1. The van der Waals surface area contributed by atoms with Gasteiger partial charge in [-0.05, 0) is 12.1 Å². The standard InChI is InChI=1S/C12H13NO4/c13-11(14)10-7-12(15-5-6-16-12)8-3-1-2-4-9(8)17-10/h1-4,10H,5-7H2,(H2,13,14). The third kappa shape index (κ3) is 1.59. The first-order valence-corrected chi connectivity index (χ1v) is 5.55. The lowest BCUT2D eigenvalue weighted by atomic mass is 9.95. The van der Waals surface area contributed by atoms with Gasteiger partial charge >= 0.3 is 0 Å². The Morgan fingerprint density at radius 3 is 2.71 bits per heavy atom. The zero-order valence-corrected chi connectivity index (χ0v) is 9.22. The van der Waals surface area contributed by atoms with E-state index in [0.717, 1.165) is 5.56 Å². The highest BCUT2D eigenvalue weighted by molar-refractivity contribution is 5.79. The molecule has 90 valence electrons. The molecule has 2 aliphatic rings. The molecule has 1 aromatic rings. The molecule has 1 unspecified atom stereocenters. The monoisotopic (exact) mass is 235 g/mol. The average molecular weight is 235 g/mol. The van der Waals surface area contributed by atoms with Gasteiger partial charge in [-0.1, -0.05) is 12.1 Å². The molecule has 1 fully saturated rings. The smallest absolute Gasteiger partial charge is 0.258 e. The molecule has 2 N–H and O–H groups in total. The number of carbonyl (C=O) groups is 1. The highest BCUT2D eigenvalue weighted by Crippen LogP contribution is 2.44. The predicted octanol–water partition coefficient (Wildman–Crippen LogP) is 0.523. The van der Waals surface area contributed by atoms with Crippen molar-refractivity contribution in [1.29, 1.82) is 0 Å². The van der Waals surface area contributed by atoms with Crippen molar-refractivity contribution in [2.24, 2.45) is 5.73 Å². The molecule has 1 amide bonds. The number of hydrogen-bond donors (Lipinski definition) is 1. The number of carbonyl (C=O) groups excluding carboxylic acids is 1. The van der Waals surface area contributed by atoms with Crippen LogP contribution in [0.2, 0.25) is 0 Å². The Morgan fingerprint density at radius 2 is 2.00 bits per heavy atom. The van der Waals surface area contributed by atoms with Crippen LogP contribution in [0.1, 0.15) is 12.0 Å². The number of amides is 1. The maximum Gasteiger partial charge on any atom is 0.258 e. The van der Waals surface area contributed by atoms with E-state index in [0.29, 0.717) is 25.4 Å². The molecule has 1 saturated heterocycles. The summed E-state index contributed by atoms with van der Waals surface area (Å²) in [5.41, 5.74) is 6.13. The second-order valence-electron chi connectivity index (χ2n) is 4.16. The third-order valence-corrected chi connectivity index (χ3v) is 3.09. The molecule has 1 spiro atoms. The number of nitrogens with two attached hydrogens (primary N) is 1. The topological polar surface area (TPSA) is 70.8 Å². The van der Waals surface area contributed by atoms with Crippen LogP contribution < -0.4 is 10.5 Å². The highest BCUT2D eigenvalue weighted by atomic mass is 16.7. The number of ether oxygens (including phenoxy) is 3. The van der Waals surface area contributed by atoms with Gasteiger partial charge in [0.05, 0.1) is 25.2 Å². The molecule has 1 atom stereocenters. The van der Waals surface area contributed by atoms with Crippen molar-refractivity contribution in [2.45, 2.75) is 18.3 Å². The zero-order valence-electron chi connectivity index (χ0n) is 9.22. The lowest BCUT2D eigenvalue weighted by molar-refractivity contribution is -0.195.